The van der Waals surface area contributed by atoms with Gasteiger partial charge in [-0.05, 0) is 22.7 Å². The van der Waals surface area contributed by atoms with Gasteiger partial charge in [-0.3, -0.25) is 0 Å². The van der Waals surface area contributed by atoms with Crippen molar-refractivity contribution in [2.45, 2.75) is 13.0 Å². The maximum atomic E-state index is 12.0. The van der Waals surface area contributed by atoms with Gasteiger partial charge in [0.1, 0.15) is 0 Å². The van der Waals surface area contributed by atoms with Crippen LogP contribution in [-0.4, -0.2) is 42.2 Å². The number of hydrogen-bond donors (Lipinski definition) is 1. The van der Waals surface area contributed by atoms with E-state index in [1.807, 2.05) is 6.07 Å². The monoisotopic (exact) mass is 283 g/mol. The molecule has 0 bridgehead atoms. The molecule has 102 valence electrons. The quantitative estimate of drug-likeness (QED) is 0.834. The first-order chi connectivity index (χ1) is 8.94. The van der Waals surface area contributed by atoms with Crippen molar-refractivity contribution in [1.82, 2.24) is 0 Å². The van der Waals surface area contributed by atoms with E-state index in [1.165, 1.54) is 0 Å². The van der Waals surface area contributed by atoms with Crippen LogP contribution in [0.15, 0.2) is 29.3 Å². The van der Waals surface area contributed by atoms with Gasteiger partial charge in [0.2, 0.25) is 0 Å². The first kappa shape index (κ1) is 13.8. The number of aliphatic hydroxyl groups is 1. The molecule has 1 aliphatic heterocycles. The van der Waals surface area contributed by atoms with Crippen LogP contribution in [0.25, 0.3) is 0 Å². The Morgan fingerprint density at radius 1 is 1.37 bits per heavy atom. The summed E-state index contributed by atoms with van der Waals surface area (Å²) in [6, 6.07) is 6.68. The zero-order valence-corrected chi connectivity index (χ0v) is 11.3. The van der Waals surface area contributed by atoms with E-state index in [-0.39, 0.29) is 11.6 Å². The van der Waals surface area contributed by atoms with Crippen molar-refractivity contribution < 1.29 is 18.3 Å². The second kappa shape index (κ2) is 5.18. The molecular formula is C12H15N2O4S+. The number of aliphatic hydroxyl groups excluding tert-OH is 1. The zero-order chi connectivity index (χ0) is 14.0. The highest BCUT2D eigenvalue weighted by Gasteiger charge is 2.36. The van der Waals surface area contributed by atoms with Gasteiger partial charge < -0.3 is 5.11 Å². The van der Waals surface area contributed by atoms with Crippen LogP contribution in [0.5, 0.6) is 0 Å². The molecule has 7 heteroatoms. The highest BCUT2D eigenvalue weighted by Crippen LogP contribution is 2.31. The van der Waals surface area contributed by atoms with E-state index >= 15 is 0 Å². The Labute approximate surface area is 111 Å². The lowest BCUT2D eigenvalue weighted by Gasteiger charge is -2.13. The summed E-state index contributed by atoms with van der Waals surface area (Å²) >= 11 is 0. The summed E-state index contributed by atoms with van der Waals surface area (Å²) < 4.78 is 23.9. The molecule has 1 unspecified atom stereocenters. The summed E-state index contributed by atoms with van der Waals surface area (Å²) in [5.74, 6) is -0.842. The molecule has 1 atom stereocenters. The van der Waals surface area contributed by atoms with Crippen LogP contribution in [0.3, 0.4) is 0 Å². The lowest BCUT2D eigenvalue weighted by Crippen LogP contribution is -2.32. The molecule has 0 radical (unpaired) electrons. The highest BCUT2D eigenvalue weighted by atomic mass is 32.2. The van der Waals surface area contributed by atoms with E-state index in [0.717, 1.165) is 5.56 Å². The van der Waals surface area contributed by atoms with Crippen LogP contribution in [0.2, 0.25) is 0 Å². The minimum atomic E-state index is -3.51. The molecule has 19 heavy (non-hydrogen) atoms. The van der Waals surface area contributed by atoms with Gasteiger partial charge in [0.15, 0.2) is 27.3 Å². The number of nitroso groups, excluding NO2 is 1. The third-order valence-electron chi connectivity index (χ3n) is 2.99. The lowest BCUT2D eigenvalue weighted by molar-refractivity contribution is -0.480. The minimum Gasteiger partial charge on any atom is -0.395 e. The molecule has 1 aromatic carbocycles. The number of sulfone groups is 1. The third-order valence-corrected chi connectivity index (χ3v) is 4.50. The smallest absolute Gasteiger partial charge is 0.352 e. The molecule has 0 aliphatic carbocycles. The molecule has 0 saturated heterocycles. The van der Waals surface area contributed by atoms with Gasteiger partial charge in [-0.25, -0.2) is 8.42 Å². The molecule has 1 aromatic rings. The second-order valence-electron chi connectivity index (χ2n) is 4.40. The molecule has 6 nitrogen and oxygen atoms in total. The van der Waals surface area contributed by atoms with Crippen molar-refractivity contribution in [3.05, 3.63) is 34.7 Å². The number of nitrogens with zero attached hydrogens (tertiary/aromatic N) is 2. The van der Waals surface area contributed by atoms with Crippen molar-refractivity contribution in [1.29, 1.82) is 0 Å². The highest BCUT2D eigenvalue weighted by molar-refractivity contribution is 7.92. The van der Waals surface area contributed by atoms with E-state index in [1.54, 1.807) is 25.1 Å². The molecule has 2 rings (SSSR count). The van der Waals surface area contributed by atoms with Crippen LogP contribution in [-0.2, 0) is 9.84 Å². The van der Waals surface area contributed by atoms with E-state index in [9.17, 15) is 13.3 Å². The van der Waals surface area contributed by atoms with Crippen LogP contribution in [0.1, 0.15) is 18.5 Å². The number of fused-ring (bicyclic) bond motifs is 1. The normalized spacial score (nSPS) is 18.9. The fourth-order valence-electron chi connectivity index (χ4n) is 1.98. The third kappa shape index (κ3) is 2.87. The molecule has 1 aliphatic rings. The summed E-state index contributed by atoms with van der Waals surface area (Å²) in [5.41, 5.74) is 1.40. The Morgan fingerprint density at radius 2 is 2.05 bits per heavy atom. The topological polar surface area (TPSA) is 86.8 Å². The summed E-state index contributed by atoms with van der Waals surface area (Å²) in [6.45, 7) is 1.25. The van der Waals surface area contributed by atoms with Crippen molar-refractivity contribution in [3.63, 3.8) is 0 Å². The maximum Gasteiger partial charge on any atom is 0.352 e. The lowest BCUT2D eigenvalue weighted by atomic mass is 10.0. The maximum absolute atomic E-state index is 12.0. The van der Waals surface area contributed by atoms with Crippen LogP contribution >= 0.6 is 0 Å². The number of aliphatic imine (C=N–C) groups is 1. The first-order valence-corrected chi connectivity index (χ1v) is 7.71. The predicted molar refractivity (Wildman–Crippen MR) is 71.3 cm³/mol. The molecule has 0 fully saturated rings. The zero-order valence-electron chi connectivity index (χ0n) is 10.5. The summed E-state index contributed by atoms with van der Waals surface area (Å²) in [7, 11) is -3.51. The Balaban J connectivity index is 2.37. The fourth-order valence-corrected chi connectivity index (χ4v) is 2.99. The van der Waals surface area contributed by atoms with Gasteiger partial charge in [-0.2, -0.15) is 0 Å². The number of hydrogen-bond acceptors (Lipinski definition) is 5. The van der Waals surface area contributed by atoms with Crippen LogP contribution < -0.4 is 0 Å². The Kier molecular flexibility index (Phi) is 3.77. The number of rotatable bonds is 4. The molecule has 0 saturated carbocycles. The average Bonchev–Trinajstić information content (AvgIpc) is 2.35. The van der Waals surface area contributed by atoms with Crippen molar-refractivity contribution >= 4 is 21.4 Å². The Morgan fingerprint density at radius 3 is 2.74 bits per heavy atom. The Bertz CT molecular complexity index is 637. The van der Waals surface area contributed by atoms with Crippen molar-refractivity contribution in [2.24, 2.45) is 4.99 Å². The van der Waals surface area contributed by atoms with Gasteiger partial charge in [-0.15, -0.1) is 0 Å². The second-order valence-corrected chi connectivity index (χ2v) is 6.59. The van der Waals surface area contributed by atoms with E-state index in [4.69, 9.17) is 5.11 Å². The van der Waals surface area contributed by atoms with Crippen molar-refractivity contribution in [2.75, 3.05) is 18.1 Å². The summed E-state index contributed by atoms with van der Waals surface area (Å²) in [5, 5.41) is 8.70. The van der Waals surface area contributed by atoms with Gasteiger partial charge in [-0.1, -0.05) is 23.1 Å². The molecule has 1 heterocycles. The number of para-hydroxylation sites is 1. The fraction of sp³-hybridized carbons (Fsp3) is 0.417. The molecule has 0 amide bonds. The van der Waals surface area contributed by atoms with Gasteiger partial charge in [0, 0.05) is 0 Å². The predicted octanol–water partition coefficient (Wildman–Crippen LogP) is 0.977. The van der Waals surface area contributed by atoms with Gasteiger partial charge in [0.05, 0.1) is 17.9 Å². The molecule has 0 spiro atoms. The Hall–Kier alpha value is -1.60. The van der Waals surface area contributed by atoms with E-state index in [2.05, 4.69) is 4.99 Å². The van der Waals surface area contributed by atoms with E-state index in [0.29, 0.717) is 10.4 Å². The SMILES string of the molecule is CC1c2ccccc2N=C(CS(=O)(=O)CCO)[N+]1=O. The summed E-state index contributed by atoms with van der Waals surface area (Å²) in [4.78, 5) is 16.1. The largest absolute Gasteiger partial charge is 0.395 e. The molecular weight excluding hydrogens is 268 g/mol. The first-order valence-electron chi connectivity index (χ1n) is 5.89. The standard InChI is InChI=1S/C12H15N2O4S/c1-9-10-4-2-3-5-11(10)13-12(14(9)16)8-19(17,18)7-6-15/h2-5,9,15H,6-8H2,1H3/q+1. The molecule has 1 N–H and O–H groups in total. The van der Waals surface area contributed by atoms with Crippen molar-refractivity contribution in [3.8, 4) is 0 Å². The van der Waals surface area contributed by atoms with Gasteiger partial charge in [0.25, 0.3) is 0 Å². The summed E-state index contributed by atoms with van der Waals surface area (Å²) in [6.07, 6.45) is 0. The van der Waals surface area contributed by atoms with E-state index < -0.39 is 28.2 Å². The van der Waals surface area contributed by atoms with Crippen LogP contribution in [0, 0.1) is 4.91 Å². The van der Waals surface area contributed by atoms with Gasteiger partial charge >= 0.3 is 5.84 Å². The average molecular weight is 283 g/mol. The number of amidine groups is 1. The molecule has 0 aromatic heterocycles. The van der Waals surface area contributed by atoms with Crippen LogP contribution in [0.4, 0.5) is 5.69 Å². The number of benzene rings is 1. The minimum absolute atomic E-state index is 0.0281.